The van der Waals surface area contributed by atoms with Crippen LogP contribution < -0.4 is 0 Å². The summed E-state index contributed by atoms with van der Waals surface area (Å²) < 4.78 is 27.0. The van der Waals surface area contributed by atoms with E-state index < -0.39 is 17.5 Å². The molecule has 1 saturated heterocycles. The van der Waals surface area contributed by atoms with Gasteiger partial charge >= 0.3 is 0 Å². The summed E-state index contributed by atoms with van der Waals surface area (Å²) in [5.74, 6) is -2.78. The molecule has 0 unspecified atom stereocenters. The fourth-order valence-electron chi connectivity index (χ4n) is 2.25. The van der Waals surface area contributed by atoms with Crippen molar-refractivity contribution in [1.29, 1.82) is 0 Å². The molecule has 2 rings (SSSR count). The van der Waals surface area contributed by atoms with E-state index >= 15 is 0 Å². The van der Waals surface area contributed by atoms with Gasteiger partial charge in [0.2, 0.25) is 0 Å². The Morgan fingerprint density at radius 3 is 2.72 bits per heavy atom. The van der Waals surface area contributed by atoms with Gasteiger partial charge in [-0.1, -0.05) is 11.6 Å². The van der Waals surface area contributed by atoms with Crippen molar-refractivity contribution in [3.05, 3.63) is 34.4 Å². The summed E-state index contributed by atoms with van der Waals surface area (Å²) >= 11 is 5.47. The zero-order valence-corrected chi connectivity index (χ0v) is 10.8. The zero-order valence-electron chi connectivity index (χ0n) is 10.0. The van der Waals surface area contributed by atoms with E-state index in [1.807, 2.05) is 6.92 Å². The molecule has 1 aliphatic rings. The Kier molecular flexibility index (Phi) is 3.85. The predicted octanol–water partition coefficient (Wildman–Crippen LogP) is 3.63. The molecule has 0 saturated carbocycles. The molecular weight excluding hydrogens is 260 g/mol. The van der Waals surface area contributed by atoms with Crippen molar-refractivity contribution >= 4 is 17.5 Å². The Labute approximate surface area is 110 Å². The minimum Gasteiger partial charge on any atom is -0.336 e. The average molecular weight is 274 g/mol. The van der Waals surface area contributed by atoms with Crippen LogP contribution in [-0.2, 0) is 0 Å². The van der Waals surface area contributed by atoms with Gasteiger partial charge in [-0.25, -0.2) is 8.78 Å². The van der Waals surface area contributed by atoms with E-state index in [1.54, 1.807) is 4.90 Å². The largest absolute Gasteiger partial charge is 0.336 e. The first-order valence-electron chi connectivity index (χ1n) is 5.97. The van der Waals surface area contributed by atoms with Crippen LogP contribution in [-0.4, -0.2) is 23.4 Å². The van der Waals surface area contributed by atoms with Crippen LogP contribution in [0.4, 0.5) is 8.78 Å². The molecule has 0 bridgehead atoms. The molecule has 1 aromatic carbocycles. The number of carbonyl (C=O) groups is 1. The molecule has 1 heterocycles. The van der Waals surface area contributed by atoms with Crippen LogP contribution >= 0.6 is 11.6 Å². The molecule has 98 valence electrons. The Bertz CT molecular complexity index is 478. The van der Waals surface area contributed by atoms with Crippen LogP contribution in [0.1, 0.15) is 36.5 Å². The van der Waals surface area contributed by atoms with Crippen LogP contribution in [0.25, 0.3) is 0 Å². The lowest BCUT2D eigenvalue weighted by Gasteiger charge is -2.33. The van der Waals surface area contributed by atoms with Crippen molar-refractivity contribution in [2.24, 2.45) is 0 Å². The van der Waals surface area contributed by atoms with Gasteiger partial charge in [0.25, 0.3) is 5.91 Å². The molecule has 1 atom stereocenters. The average Bonchev–Trinajstić information content (AvgIpc) is 2.36. The maximum Gasteiger partial charge on any atom is 0.257 e. The monoisotopic (exact) mass is 273 g/mol. The molecule has 0 spiro atoms. The highest BCUT2D eigenvalue weighted by Crippen LogP contribution is 2.24. The lowest BCUT2D eigenvalue weighted by atomic mass is 10.0. The summed E-state index contributed by atoms with van der Waals surface area (Å²) in [7, 11) is 0. The molecule has 1 aromatic rings. The van der Waals surface area contributed by atoms with Gasteiger partial charge in [0.05, 0.1) is 10.6 Å². The summed E-state index contributed by atoms with van der Waals surface area (Å²) in [6, 6.07) is 2.51. The van der Waals surface area contributed by atoms with E-state index in [0.717, 1.165) is 19.3 Å². The van der Waals surface area contributed by atoms with Gasteiger partial charge in [0.1, 0.15) is 0 Å². The molecule has 0 aliphatic carbocycles. The second-order valence-electron chi connectivity index (χ2n) is 4.57. The SMILES string of the molecule is C[C@@H]1CCCCN1C(=O)c1ccc(Cl)c(F)c1F. The van der Waals surface area contributed by atoms with Crippen molar-refractivity contribution in [2.45, 2.75) is 32.2 Å². The number of amides is 1. The second kappa shape index (κ2) is 5.22. The van der Waals surface area contributed by atoms with Crippen molar-refractivity contribution in [3.8, 4) is 0 Å². The fraction of sp³-hybridized carbons (Fsp3) is 0.462. The van der Waals surface area contributed by atoms with Gasteiger partial charge in [-0.15, -0.1) is 0 Å². The van der Waals surface area contributed by atoms with Crippen molar-refractivity contribution < 1.29 is 13.6 Å². The number of hydrogen-bond donors (Lipinski definition) is 0. The lowest BCUT2D eigenvalue weighted by molar-refractivity contribution is 0.0629. The molecule has 0 N–H and O–H groups in total. The van der Waals surface area contributed by atoms with E-state index in [1.165, 1.54) is 12.1 Å². The maximum absolute atomic E-state index is 13.7. The van der Waals surface area contributed by atoms with Gasteiger partial charge in [-0.3, -0.25) is 4.79 Å². The Balaban J connectivity index is 2.31. The molecule has 0 radical (unpaired) electrons. The highest BCUT2D eigenvalue weighted by Gasteiger charge is 2.27. The Morgan fingerprint density at radius 1 is 1.33 bits per heavy atom. The number of carbonyl (C=O) groups excluding carboxylic acids is 1. The third kappa shape index (κ3) is 2.34. The number of benzene rings is 1. The second-order valence-corrected chi connectivity index (χ2v) is 4.97. The first-order valence-corrected chi connectivity index (χ1v) is 6.34. The van der Waals surface area contributed by atoms with E-state index in [0.29, 0.717) is 6.54 Å². The lowest BCUT2D eigenvalue weighted by Crippen LogP contribution is -2.42. The molecule has 5 heteroatoms. The van der Waals surface area contributed by atoms with Crippen molar-refractivity contribution in [2.75, 3.05) is 6.54 Å². The van der Waals surface area contributed by atoms with E-state index in [9.17, 15) is 13.6 Å². The summed E-state index contributed by atoms with van der Waals surface area (Å²) in [5, 5.41) is -0.309. The normalized spacial score (nSPS) is 20.0. The van der Waals surface area contributed by atoms with Crippen LogP contribution in [0.3, 0.4) is 0 Å². The Hall–Kier alpha value is -1.16. The third-order valence-electron chi connectivity index (χ3n) is 3.33. The number of hydrogen-bond acceptors (Lipinski definition) is 1. The van der Waals surface area contributed by atoms with E-state index in [4.69, 9.17) is 11.6 Å². The summed E-state index contributed by atoms with van der Waals surface area (Å²) in [5.41, 5.74) is -0.245. The zero-order chi connectivity index (χ0) is 13.3. The molecule has 2 nitrogen and oxygen atoms in total. The van der Waals surface area contributed by atoms with Gasteiger partial charge < -0.3 is 4.90 Å². The number of likely N-dealkylation sites (tertiary alicyclic amines) is 1. The molecule has 1 amide bonds. The smallest absolute Gasteiger partial charge is 0.257 e. The quantitative estimate of drug-likeness (QED) is 0.716. The topological polar surface area (TPSA) is 20.3 Å². The molecule has 1 aliphatic heterocycles. The van der Waals surface area contributed by atoms with Crippen molar-refractivity contribution in [1.82, 2.24) is 4.90 Å². The first-order chi connectivity index (χ1) is 8.52. The highest BCUT2D eigenvalue weighted by molar-refractivity contribution is 6.30. The molecular formula is C13H14ClF2NO. The van der Waals surface area contributed by atoms with Crippen molar-refractivity contribution in [3.63, 3.8) is 0 Å². The van der Waals surface area contributed by atoms with Gasteiger partial charge in [-0.2, -0.15) is 0 Å². The minimum absolute atomic E-state index is 0.0596. The number of nitrogens with zero attached hydrogens (tertiary/aromatic N) is 1. The minimum atomic E-state index is -1.16. The van der Waals surface area contributed by atoms with Crippen LogP contribution in [0.5, 0.6) is 0 Å². The molecule has 1 fully saturated rings. The summed E-state index contributed by atoms with van der Waals surface area (Å²) in [6.45, 7) is 2.50. The standard InChI is InChI=1S/C13H14ClF2NO/c1-8-4-2-3-7-17(8)13(18)9-5-6-10(14)12(16)11(9)15/h5-6,8H,2-4,7H2,1H3/t8-/m1/s1. The summed E-state index contributed by atoms with van der Waals surface area (Å²) in [6.07, 6.45) is 2.85. The van der Waals surface area contributed by atoms with Crippen LogP contribution in [0.15, 0.2) is 12.1 Å². The van der Waals surface area contributed by atoms with Crippen LogP contribution in [0, 0.1) is 11.6 Å². The van der Waals surface area contributed by atoms with E-state index in [-0.39, 0.29) is 16.6 Å². The highest BCUT2D eigenvalue weighted by atomic mass is 35.5. The van der Waals surface area contributed by atoms with Gasteiger partial charge in [-0.05, 0) is 38.3 Å². The van der Waals surface area contributed by atoms with Crippen LogP contribution in [0.2, 0.25) is 5.02 Å². The van der Waals surface area contributed by atoms with Gasteiger partial charge in [0, 0.05) is 12.6 Å². The van der Waals surface area contributed by atoms with E-state index in [2.05, 4.69) is 0 Å². The number of piperidine rings is 1. The van der Waals surface area contributed by atoms with Gasteiger partial charge in [0.15, 0.2) is 11.6 Å². The Morgan fingerprint density at radius 2 is 2.06 bits per heavy atom. The molecule has 18 heavy (non-hydrogen) atoms. The third-order valence-corrected chi connectivity index (χ3v) is 3.62. The predicted molar refractivity (Wildman–Crippen MR) is 65.7 cm³/mol. The first kappa shape index (κ1) is 13.3. The molecule has 0 aromatic heterocycles. The number of halogens is 3. The number of rotatable bonds is 1. The maximum atomic E-state index is 13.7. The summed E-state index contributed by atoms with van der Waals surface area (Å²) in [4.78, 5) is 13.8. The fourth-order valence-corrected chi connectivity index (χ4v) is 2.39.